The summed E-state index contributed by atoms with van der Waals surface area (Å²) in [5.41, 5.74) is 1.09. The van der Waals surface area contributed by atoms with Gasteiger partial charge >= 0.3 is 6.18 Å². The third-order valence-electron chi connectivity index (χ3n) is 4.70. The molecule has 0 unspecified atom stereocenters. The highest BCUT2D eigenvalue weighted by Gasteiger charge is 2.34. The molecule has 0 atom stereocenters. The van der Waals surface area contributed by atoms with E-state index < -0.39 is 11.9 Å². The fourth-order valence-corrected chi connectivity index (χ4v) is 4.13. The molecule has 3 heterocycles. The summed E-state index contributed by atoms with van der Waals surface area (Å²) in [6.45, 7) is 1.90. The smallest absolute Gasteiger partial charge is 0.361 e. The number of aromatic amines is 1. The number of hydrogen-bond acceptors (Lipinski definition) is 4. The van der Waals surface area contributed by atoms with Gasteiger partial charge in [0.1, 0.15) is 0 Å². The molecule has 1 saturated heterocycles. The number of thiazole rings is 1. The number of halogens is 3. The minimum Gasteiger partial charge on any atom is -0.361 e. The second kappa shape index (κ2) is 6.88. The number of anilines is 1. The summed E-state index contributed by atoms with van der Waals surface area (Å²) in [5.74, 6) is 0.0227. The zero-order chi connectivity index (χ0) is 19.0. The molecule has 4 rings (SSSR count). The van der Waals surface area contributed by atoms with Gasteiger partial charge < -0.3 is 14.8 Å². The summed E-state index contributed by atoms with van der Waals surface area (Å²) >= 11 is 0.985. The zero-order valence-corrected chi connectivity index (χ0v) is 15.1. The molecule has 1 amide bonds. The van der Waals surface area contributed by atoms with E-state index in [9.17, 15) is 18.0 Å². The summed E-state index contributed by atoms with van der Waals surface area (Å²) in [4.78, 5) is 23.0. The quantitative estimate of drug-likeness (QED) is 0.739. The number of fused-ring (bicyclic) bond motifs is 1. The monoisotopic (exact) mass is 394 g/mol. The predicted octanol–water partition coefficient (Wildman–Crippen LogP) is 3.53. The molecule has 9 heteroatoms. The van der Waals surface area contributed by atoms with E-state index in [0.717, 1.165) is 33.2 Å². The van der Waals surface area contributed by atoms with Crippen molar-refractivity contribution in [2.75, 3.05) is 31.1 Å². The Hall–Kier alpha value is -2.55. The first kappa shape index (κ1) is 17.8. The first-order valence-electron chi connectivity index (χ1n) is 8.52. The van der Waals surface area contributed by atoms with Gasteiger partial charge in [-0.1, -0.05) is 18.2 Å². The molecule has 0 aliphatic carbocycles. The van der Waals surface area contributed by atoms with Crippen LogP contribution >= 0.6 is 11.3 Å². The standard InChI is InChI=1S/C18H17F3N4OS/c19-18(20,21)15-11-27-17(23-15)25-7-5-24(6-8-25)16(26)9-12-10-22-14-4-2-1-3-13(12)14/h1-4,10-11,22H,5-9H2. The van der Waals surface area contributed by atoms with Gasteiger partial charge in [-0.25, -0.2) is 4.98 Å². The Labute approximate surface area is 157 Å². The van der Waals surface area contributed by atoms with E-state index >= 15 is 0 Å². The number of hydrogen-bond donors (Lipinski definition) is 1. The maximum Gasteiger partial charge on any atom is 0.434 e. The highest BCUT2D eigenvalue weighted by molar-refractivity contribution is 7.13. The molecule has 1 aliphatic heterocycles. The van der Waals surface area contributed by atoms with Crippen LogP contribution in [0.25, 0.3) is 10.9 Å². The molecule has 0 radical (unpaired) electrons. The number of nitrogens with one attached hydrogen (secondary N) is 1. The number of nitrogens with zero attached hydrogens (tertiary/aromatic N) is 3. The maximum absolute atomic E-state index is 12.7. The molecule has 0 bridgehead atoms. The van der Waals surface area contributed by atoms with Crippen LogP contribution in [-0.2, 0) is 17.4 Å². The van der Waals surface area contributed by atoms with Gasteiger partial charge in [-0.3, -0.25) is 4.79 Å². The fourth-order valence-electron chi connectivity index (χ4n) is 3.24. The summed E-state index contributed by atoms with van der Waals surface area (Å²) in [5, 5.41) is 2.42. The number of amides is 1. The van der Waals surface area contributed by atoms with E-state index in [4.69, 9.17) is 0 Å². The van der Waals surface area contributed by atoms with Gasteiger partial charge in [-0.05, 0) is 11.6 Å². The summed E-state index contributed by atoms with van der Waals surface area (Å²) in [6.07, 6.45) is -2.27. The van der Waals surface area contributed by atoms with E-state index in [1.165, 1.54) is 0 Å². The first-order valence-corrected chi connectivity index (χ1v) is 9.40. The van der Waals surface area contributed by atoms with Crippen molar-refractivity contribution in [3.63, 3.8) is 0 Å². The Morgan fingerprint density at radius 3 is 2.63 bits per heavy atom. The van der Waals surface area contributed by atoms with Crippen molar-refractivity contribution in [3.8, 4) is 0 Å². The summed E-state index contributed by atoms with van der Waals surface area (Å²) in [7, 11) is 0. The van der Waals surface area contributed by atoms with Crippen molar-refractivity contribution >= 4 is 33.3 Å². The fraction of sp³-hybridized carbons (Fsp3) is 0.333. The highest BCUT2D eigenvalue weighted by Crippen LogP contribution is 2.33. The molecule has 5 nitrogen and oxygen atoms in total. The minimum absolute atomic E-state index is 0.0227. The Morgan fingerprint density at radius 2 is 1.93 bits per heavy atom. The largest absolute Gasteiger partial charge is 0.434 e. The van der Waals surface area contributed by atoms with E-state index in [0.29, 0.717) is 37.7 Å². The number of piperazine rings is 1. The van der Waals surface area contributed by atoms with Crippen LogP contribution in [0.15, 0.2) is 35.8 Å². The van der Waals surface area contributed by atoms with Crippen LogP contribution in [0.1, 0.15) is 11.3 Å². The van der Waals surface area contributed by atoms with Crippen LogP contribution in [0.2, 0.25) is 0 Å². The van der Waals surface area contributed by atoms with Crippen LogP contribution in [0.5, 0.6) is 0 Å². The Kier molecular flexibility index (Phi) is 4.55. The van der Waals surface area contributed by atoms with Gasteiger partial charge in [0.2, 0.25) is 5.91 Å². The maximum atomic E-state index is 12.7. The number of para-hydroxylation sites is 1. The molecule has 1 N–H and O–H groups in total. The molecule has 0 saturated carbocycles. The number of alkyl halides is 3. The van der Waals surface area contributed by atoms with Crippen LogP contribution in [0.4, 0.5) is 18.3 Å². The van der Waals surface area contributed by atoms with Gasteiger partial charge in [-0.2, -0.15) is 13.2 Å². The normalized spacial score (nSPS) is 15.5. The van der Waals surface area contributed by atoms with Crippen molar-refractivity contribution in [3.05, 3.63) is 47.1 Å². The van der Waals surface area contributed by atoms with Crippen molar-refractivity contribution in [1.29, 1.82) is 0 Å². The van der Waals surface area contributed by atoms with Crippen molar-refractivity contribution in [1.82, 2.24) is 14.9 Å². The number of aromatic nitrogens is 2. The van der Waals surface area contributed by atoms with Crippen LogP contribution in [0.3, 0.4) is 0 Å². The average Bonchev–Trinajstić information content (AvgIpc) is 3.30. The molecule has 1 fully saturated rings. The molecule has 1 aromatic carbocycles. The SMILES string of the molecule is O=C(Cc1c[nH]c2ccccc12)N1CCN(c2nc(C(F)(F)F)cs2)CC1. The van der Waals surface area contributed by atoms with E-state index in [1.807, 2.05) is 30.5 Å². The number of H-pyrrole nitrogens is 1. The topological polar surface area (TPSA) is 52.2 Å². The van der Waals surface area contributed by atoms with Crippen molar-refractivity contribution in [2.24, 2.45) is 0 Å². The zero-order valence-electron chi connectivity index (χ0n) is 14.3. The molecule has 3 aromatic rings. The summed E-state index contributed by atoms with van der Waals surface area (Å²) < 4.78 is 38.1. The van der Waals surface area contributed by atoms with Gasteiger partial charge in [0.05, 0.1) is 6.42 Å². The lowest BCUT2D eigenvalue weighted by Crippen LogP contribution is -2.49. The van der Waals surface area contributed by atoms with Gasteiger partial charge in [0.25, 0.3) is 0 Å². The number of carbonyl (C=O) groups is 1. The van der Waals surface area contributed by atoms with Crippen LogP contribution in [0, 0.1) is 0 Å². The van der Waals surface area contributed by atoms with Gasteiger partial charge in [0.15, 0.2) is 10.8 Å². The number of carbonyl (C=O) groups excluding carboxylic acids is 1. The third kappa shape index (κ3) is 3.64. The third-order valence-corrected chi connectivity index (χ3v) is 5.60. The Bertz CT molecular complexity index is 957. The molecule has 27 heavy (non-hydrogen) atoms. The molecule has 1 aliphatic rings. The molecule has 2 aromatic heterocycles. The van der Waals surface area contributed by atoms with Gasteiger partial charge in [0, 0.05) is 48.7 Å². The van der Waals surface area contributed by atoms with Gasteiger partial charge in [-0.15, -0.1) is 11.3 Å². The van der Waals surface area contributed by atoms with E-state index in [1.54, 1.807) is 9.80 Å². The number of rotatable bonds is 3. The Balaban J connectivity index is 1.37. The van der Waals surface area contributed by atoms with Crippen molar-refractivity contribution < 1.29 is 18.0 Å². The average molecular weight is 394 g/mol. The molecular formula is C18H17F3N4OS. The molecule has 142 valence electrons. The Morgan fingerprint density at radius 1 is 1.19 bits per heavy atom. The predicted molar refractivity (Wildman–Crippen MR) is 97.9 cm³/mol. The lowest BCUT2D eigenvalue weighted by atomic mass is 10.1. The van der Waals surface area contributed by atoms with E-state index in [2.05, 4.69) is 9.97 Å². The summed E-state index contributed by atoms with van der Waals surface area (Å²) in [6, 6.07) is 7.82. The number of benzene rings is 1. The minimum atomic E-state index is -4.42. The van der Waals surface area contributed by atoms with Crippen LogP contribution < -0.4 is 4.90 Å². The van der Waals surface area contributed by atoms with Crippen molar-refractivity contribution in [2.45, 2.75) is 12.6 Å². The molecular weight excluding hydrogens is 377 g/mol. The van der Waals surface area contributed by atoms with Crippen LogP contribution in [-0.4, -0.2) is 47.0 Å². The lowest BCUT2D eigenvalue weighted by Gasteiger charge is -2.34. The van der Waals surface area contributed by atoms with E-state index in [-0.39, 0.29) is 5.91 Å². The first-order chi connectivity index (χ1) is 12.9. The highest BCUT2D eigenvalue weighted by atomic mass is 32.1. The second-order valence-electron chi connectivity index (χ2n) is 6.42. The lowest BCUT2D eigenvalue weighted by molar-refractivity contribution is -0.140. The second-order valence-corrected chi connectivity index (χ2v) is 7.25. The molecule has 0 spiro atoms.